The highest BCUT2D eigenvalue weighted by Gasteiger charge is 2.24. The predicted molar refractivity (Wildman–Crippen MR) is 88.2 cm³/mol. The standard InChI is InChI=1S/C18H15F2NO3S/c1-10-4-13(25(22,23)14-6-11(19)5-12(20)7-14)8-15-16-9-21-3-2-17(16)24-18(10)15/h4-8,21H,2-3,9H2,1H3. The molecule has 0 aliphatic carbocycles. The van der Waals surface area contributed by atoms with Gasteiger partial charge in [-0.05, 0) is 36.8 Å². The van der Waals surface area contributed by atoms with E-state index in [1.165, 1.54) is 12.1 Å². The van der Waals surface area contributed by atoms with Gasteiger partial charge >= 0.3 is 0 Å². The van der Waals surface area contributed by atoms with E-state index in [-0.39, 0.29) is 4.90 Å². The van der Waals surface area contributed by atoms with Crippen molar-refractivity contribution in [3.8, 4) is 0 Å². The van der Waals surface area contributed by atoms with Crippen LogP contribution in [0.1, 0.15) is 16.9 Å². The highest BCUT2D eigenvalue weighted by Crippen LogP contribution is 2.34. The van der Waals surface area contributed by atoms with Gasteiger partial charge < -0.3 is 9.73 Å². The minimum atomic E-state index is -4.04. The molecule has 0 unspecified atom stereocenters. The molecule has 1 aromatic heterocycles. The summed E-state index contributed by atoms with van der Waals surface area (Å²) in [5.41, 5.74) is 2.26. The van der Waals surface area contributed by atoms with Crippen molar-refractivity contribution in [2.24, 2.45) is 0 Å². The van der Waals surface area contributed by atoms with Gasteiger partial charge in [0, 0.05) is 36.5 Å². The van der Waals surface area contributed by atoms with E-state index in [9.17, 15) is 17.2 Å². The second-order valence-corrected chi connectivity index (χ2v) is 8.11. The van der Waals surface area contributed by atoms with Crippen molar-refractivity contribution < 1.29 is 21.6 Å². The number of benzene rings is 2. The van der Waals surface area contributed by atoms with Gasteiger partial charge in [0.05, 0.1) is 9.79 Å². The van der Waals surface area contributed by atoms with E-state index >= 15 is 0 Å². The highest BCUT2D eigenvalue weighted by atomic mass is 32.2. The van der Waals surface area contributed by atoms with Crippen LogP contribution in [-0.2, 0) is 22.8 Å². The van der Waals surface area contributed by atoms with E-state index in [0.29, 0.717) is 23.8 Å². The molecule has 0 amide bonds. The molecule has 4 nitrogen and oxygen atoms in total. The van der Waals surface area contributed by atoms with Gasteiger partial charge in [0.25, 0.3) is 0 Å². The average molecular weight is 363 g/mol. The molecule has 3 aromatic rings. The van der Waals surface area contributed by atoms with Crippen LogP contribution < -0.4 is 5.32 Å². The molecule has 2 heterocycles. The highest BCUT2D eigenvalue weighted by molar-refractivity contribution is 7.91. The number of hydrogen-bond acceptors (Lipinski definition) is 4. The summed E-state index contributed by atoms with van der Waals surface area (Å²) in [6.45, 7) is 3.16. The third kappa shape index (κ3) is 2.63. The first-order chi connectivity index (χ1) is 11.9. The molecular weight excluding hydrogens is 348 g/mol. The Morgan fingerprint density at radius 2 is 1.72 bits per heavy atom. The third-order valence-electron chi connectivity index (χ3n) is 4.42. The maximum absolute atomic E-state index is 13.5. The lowest BCUT2D eigenvalue weighted by molar-refractivity contribution is 0.499. The van der Waals surface area contributed by atoms with Crippen LogP contribution in [0.4, 0.5) is 8.78 Å². The lowest BCUT2D eigenvalue weighted by Crippen LogP contribution is -2.22. The Balaban J connectivity index is 1.94. The molecular formula is C18H15F2NO3S. The SMILES string of the molecule is Cc1cc(S(=O)(=O)c2cc(F)cc(F)c2)cc2c3c(oc12)CCNC3. The summed E-state index contributed by atoms with van der Waals surface area (Å²) in [4.78, 5) is -0.407. The Morgan fingerprint density at radius 3 is 2.44 bits per heavy atom. The Hall–Kier alpha value is -2.25. The second-order valence-electron chi connectivity index (χ2n) is 6.16. The summed E-state index contributed by atoms with van der Waals surface area (Å²) in [5, 5.41) is 3.95. The Labute approximate surface area is 143 Å². The van der Waals surface area contributed by atoms with Gasteiger partial charge in [0.1, 0.15) is 23.0 Å². The van der Waals surface area contributed by atoms with Gasteiger partial charge in [-0.1, -0.05) is 0 Å². The van der Waals surface area contributed by atoms with Gasteiger partial charge in [0.2, 0.25) is 9.84 Å². The minimum Gasteiger partial charge on any atom is -0.460 e. The van der Waals surface area contributed by atoms with Crippen molar-refractivity contribution in [2.75, 3.05) is 6.54 Å². The summed E-state index contributed by atoms with van der Waals surface area (Å²) in [5.74, 6) is -1.01. The summed E-state index contributed by atoms with van der Waals surface area (Å²) in [7, 11) is -4.04. The largest absolute Gasteiger partial charge is 0.460 e. The third-order valence-corrected chi connectivity index (χ3v) is 6.14. The first-order valence-electron chi connectivity index (χ1n) is 7.83. The van der Waals surface area contributed by atoms with Gasteiger partial charge in [-0.3, -0.25) is 0 Å². The zero-order valence-corrected chi connectivity index (χ0v) is 14.2. The van der Waals surface area contributed by atoms with Crippen LogP contribution in [0.5, 0.6) is 0 Å². The molecule has 0 atom stereocenters. The van der Waals surface area contributed by atoms with Crippen molar-refractivity contribution in [2.45, 2.75) is 29.7 Å². The summed E-state index contributed by atoms with van der Waals surface area (Å²) in [6.07, 6.45) is 0.737. The molecule has 4 rings (SSSR count). The molecule has 0 spiro atoms. The van der Waals surface area contributed by atoms with Crippen LogP contribution in [0.25, 0.3) is 11.0 Å². The number of halogens is 2. The summed E-state index contributed by atoms with van der Waals surface area (Å²) < 4.78 is 58.5. The van der Waals surface area contributed by atoms with E-state index < -0.39 is 26.4 Å². The predicted octanol–water partition coefficient (Wildman–Crippen LogP) is 3.50. The van der Waals surface area contributed by atoms with Crippen molar-refractivity contribution in [1.29, 1.82) is 0 Å². The van der Waals surface area contributed by atoms with Crippen molar-refractivity contribution in [1.82, 2.24) is 5.32 Å². The fourth-order valence-corrected chi connectivity index (χ4v) is 4.63. The van der Waals surface area contributed by atoms with Crippen LogP contribution >= 0.6 is 0 Å². The van der Waals surface area contributed by atoms with Crippen LogP contribution in [0.3, 0.4) is 0 Å². The summed E-state index contributed by atoms with van der Waals surface area (Å²) >= 11 is 0. The lowest BCUT2D eigenvalue weighted by Gasteiger charge is -2.11. The van der Waals surface area contributed by atoms with E-state index in [2.05, 4.69) is 5.32 Å². The topological polar surface area (TPSA) is 59.3 Å². The van der Waals surface area contributed by atoms with Gasteiger partial charge in [0.15, 0.2) is 0 Å². The molecule has 0 bridgehead atoms. The van der Waals surface area contributed by atoms with Gasteiger partial charge in [-0.25, -0.2) is 17.2 Å². The molecule has 0 saturated heterocycles. The Bertz CT molecular complexity index is 1080. The number of sulfone groups is 1. The fraction of sp³-hybridized carbons (Fsp3) is 0.222. The Morgan fingerprint density at radius 1 is 1.04 bits per heavy atom. The number of furan rings is 1. The van der Waals surface area contributed by atoms with Crippen LogP contribution in [0, 0.1) is 18.6 Å². The van der Waals surface area contributed by atoms with Gasteiger partial charge in [-0.15, -0.1) is 0 Å². The number of aryl methyl sites for hydroxylation is 1. The smallest absolute Gasteiger partial charge is 0.206 e. The molecule has 0 fully saturated rings. The van der Waals surface area contributed by atoms with E-state index in [4.69, 9.17) is 4.42 Å². The zero-order valence-electron chi connectivity index (χ0n) is 13.4. The molecule has 1 aliphatic rings. The molecule has 1 N–H and O–H groups in total. The maximum Gasteiger partial charge on any atom is 0.206 e. The monoisotopic (exact) mass is 363 g/mol. The summed E-state index contributed by atoms with van der Waals surface area (Å²) in [6, 6.07) is 5.29. The van der Waals surface area contributed by atoms with E-state index in [0.717, 1.165) is 41.8 Å². The number of nitrogens with one attached hydrogen (secondary N) is 1. The quantitative estimate of drug-likeness (QED) is 0.757. The molecule has 0 radical (unpaired) electrons. The molecule has 0 saturated carbocycles. The lowest BCUT2D eigenvalue weighted by atomic mass is 10.0. The van der Waals surface area contributed by atoms with Crippen molar-refractivity contribution in [3.63, 3.8) is 0 Å². The van der Waals surface area contributed by atoms with Crippen LogP contribution in [0.2, 0.25) is 0 Å². The Kier molecular flexibility index (Phi) is 3.66. The van der Waals surface area contributed by atoms with Gasteiger partial charge in [-0.2, -0.15) is 0 Å². The first kappa shape index (κ1) is 16.2. The van der Waals surface area contributed by atoms with Crippen molar-refractivity contribution >= 4 is 20.8 Å². The second kappa shape index (κ2) is 5.64. The molecule has 25 heavy (non-hydrogen) atoms. The van der Waals surface area contributed by atoms with Crippen LogP contribution in [-0.4, -0.2) is 15.0 Å². The van der Waals surface area contributed by atoms with Crippen molar-refractivity contribution in [3.05, 3.63) is 58.9 Å². The molecule has 7 heteroatoms. The first-order valence-corrected chi connectivity index (χ1v) is 9.31. The fourth-order valence-electron chi connectivity index (χ4n) is 3.22. The van der Waals surface area contributed by atoms with E-state index in [1.54, 1.807) is 6.92 Å². The average Bonchev–Trinajstić information content (AvgIpc) is 2.93. The minimum absolute atomic E-state index is 0.00308. The molecule has 2 aromatic carbocycles. The molecule has 130 valence electrons. The number of fused-ring (bicyclic) bond motifs is 3. The number of hydrogen-bond donors (Lipinski definition) is 1. The van der Waals surface area contributed by atoms with Crippen LogP contribution in [0.15, 0.2) is 44.5 Å². The normalized spacial score (nSPS) is 14.7. The number of rotatable bonds is 2. The molecule has 1 aliphatic heterocycles. The zero-order chi connectivity index (χ0) is 17.8. The maximum atomic E-state index is 13.5. The van der Waals surface area contributed by atoms with E-state index in [1.807, 2.05) is 0 Å².